The van der Waals surface area contributed by atoms with Crippen LogP contribution in [0.3, 0.4) is 0 Å². The number of thioether (sulfide) groups is 1. The summed E-state index contributed by atoms with van der Waals surface area (Å²) in [6, 6.07) is 0. The fraction of sp³-hybridized carbons (Fsp3) is 0.944. The van der Waals surface area contributed by atoms with E-state index in [9.17, 15) is 0 Å². The zero-order valence-corrected chi connectivity index (χ0v) is 18.6. The lowest BCUT2D eigenvalue weighted by Crippen LogP contribution is -2.48. The van der Waals surface area contributed by atoms with Gasteiger partial charge >= 0.3 is 0 Å². The number of nitrogens with one attached hydrogen (secondary N) is 2. The molecule has 6 heteroatoms. The van der Waals surface area contributed by atoms with E-state index in [1.807, 2.05) is 7.05 Å². The Balaban J connectivity index is 0.00000288. The third kappa shape index (κ3) is 7.68. The van der Waals surface area contributed by atoms with Crippen LogP contribution in [0.5, 0.6) is 0 Å². The molecule has 2 N–H and O–H groups in total. The number of nitrogens with zero attached hydrogens (tertiary/aromatic N) is 1. The van der Waals surface area contributed by atoms with Crippen molar-refractivity contribution in [3.05, 3.63) is 0 Å². The molecule has 142 valence electrons. The van der Waals surface area contributed by atoms with Crippen molar-refractivity contribution in [2.45, 2.75) is 63.0 Å². The van der Waals surface area contributed by atoms with Gasteiger partial charge in [-0.1, -0.05) is 32.6 Å². The summed E-state index contributed by atoms with van der Waals surface area (Å²) >= 11 is 2.07. The third-order valence-electron chi connectivity index (χ3n) is 5.21. The van der Waals surface area contributed by atoms with Crippen molar-refractivity contribution in [3.63, 3.8) is 0 Å². The Labute approximate surface area is 169 Å². The van der Waals surface area contributed by atoms with Crippen LogP contribution in [-0.4, -0.2) is 49.8 Å². The summed E-state index contributed by atoms with van der Waals surface area (Å²) in [7, 11) is 1.87. The van der Waals surface area contributed by atoms with Crippen LogP contribution in [0.1, 0.15) is 58.3 Å². The van der Waals surface area contributed by atoms with Gasteiger partial charge in [-0.3, -0.25) is 4.99 Å². The van der Waals surface area contributed by atoms with Gasteiger partial charge in [0.15, 0.2) is 5.96 Å². The lowest BCUT2D eigenvalue weighted by atomic mass is 9.99. The molecule has 1 saturated carbocycles. The molecule has 0 spiro atoms. The summed E-state index contributed by atoms with van der Waals surface area (Å²) in [5, 5.41) is 7.05. The van der Waals surface area contributed by atoms with Gasteiger partial charge in [0.2, 0.25) is 0 Å². The monoisotopic (exact) mass is 469 g/mol. The van der Waals surface area contributed by atoms with Gasteiger partial charge in [-0.15, -0.1) is 24.0 Å². The Bertz CT molecular complexity index is 351. The maximum absolute atomic E-state index is 5.55. The molecule has 2 rings (SSSR count). The number of rotatable bonds is 8. The van der Waals surface area contributed by atoms with Crippen molar-refractivity contribution in [1.29, 1.82) is 0 Å². The smallest absolute Gasteiger partial charge is 0.191 e. The van der Waals surface area contributed by atoms with Crippen molar-refractivity contribution in [2.24, 2.45) is 10.9 Å². The van der Waals surface area contributed by atoms with Crippen molar-refractivity contribution in [1.82, 2.24) is 10.6 Å². The van der Waals surface area contributed by atoms with Crippen LogP contribution >= 0.6 is 35.7 Å². The van der Waals surface area contributed by atoms with Crippen LogP contribution in [0.2, 0.25) is 0 Å². The van der Waals surface area contributed by atoms with Crippen LogP contribution in [-0.2, 0) is 4.74 Å². The van der Waals surface area contributed by atoms with E-state index in [1.165, 1.54) is 38.5 Å². The second-order valence-electron chi connectivity index (χ2n) is 6.87. The molecule has 0 aromatic heterocycles. The van der Waals surface area contributed by atoms with Gasteiger partial charge in [0.25, 0.3) is 0 Å². The summed E-state index contributed by atoms with van der Waals surface area (Å²) in [5.74, 6) is 3.10. The number of guanidine groups is 1. The second-order valence-corrected chi connectivity index (χ2v) is 8.61. The quantitative estimate of drug-likeness (QED) is 0.244. The molecule has 2 aliphatic rings. The largest absolute Gasteiger partial charge is 0.381 e. The molecular formula is C18H36IN3OS. The molecule has 1 aliphatic carbocycles. The van der Waals surface area contributed by atoms with Gasteiger partial charge in [-0.25, -0.2) is 0 Å². The summed E-state index contributed by atoms with van der Waals surface area (Å²) in [6.45, 7) is 6.05. The minimum Gasteiger partial charge on any atom is -0.381 e. The summed E-state index contributed by atoms with van der Waals surface area (Å²) in [6.07, 6.45) is 10.7. The van der Waals surface area contributed by atoms with Crippen LogP contribution in [0.25, 0.3) is 0 Å². The Morgan fingerprint density at radius 1 is 1.21 bits per heavy atom. The zero-order chi connectivity index (χ0) is 16.4. The number of hydrogen-bond donors (Lipinski definition) is 2. The average molecular weight is 469 g/mol. The fourth-order valence-corrected chi connectivity index (χ4v) is 5.03. The lowest BCUT2D eigenvalue weighted by molar-refractivity contribution is 0.0782. The van der Waals surface area contributed by atoms with Crippen molar-refractivity contribution >= 4 is 41.7 Å². The Morgan fingerprint density at radius 3 is 2.54 bits per heavy atom. The molecule has 2 fully saturated rings. The standard InChI is InChI=1S/C18H35N3OS.HI/c1-3-23-18(10-13-22-14-11-18)15-21-17(19-2)20-12-6-9-16-7-4-5-8-16;/h16H,3-15H2,1-2H3,(H2,19,20,21);1H. The van der Waals surface area contributed by atoms with E-state index < -0.39 is 0 Å². The zero-order valence-electron chi connectivity index (χ0n) is 15.4. The predicted octanol–water partition coefficient (Wildman–Crippen LogP) is 4.04. The Kier molecular flexibility index (Phi) is 11.8. The molecule has 1 heterocycles. The normalized spacial score (nSPS) is 21.3. The molecule has 1 aliphatic heterocycles. The first-order chi connectivity index (χ1) is 11.3. The first-order valence-electron chi connectivity index (χ1n) is 9.44. The fourth-order valence-electron chi connectivity index (χ4n) is 3.78. The Hall–Kier alpha value is 0.310. The van der Waals surface area contributed by atoms with Gasteiger partial charge < -0.3 is 15.4 Å². The third-order valence-corrected chi connectivity index (χ3v) is 6.67. The highest BCUT2D eigenvalue weighted by molar-refractivity contribution is 14.0. The average Bonchev–Trinajstić information content (AvgIpc) is 3.09. The molecule has 0 radical (unpaired) electrons. The molecule has 24 heavy (non-hydrogen) atoms. The topological polar surface area (TPSA) is 45.7 Å². The van der Waals surface area contributed by atoms with Gasteiger partial charge in [0.05, 0.1) is 0 Å². The van der Waals surface area contributed by atoms with Crippen molar-refractivity contribution < 1.29 is 4.74 Å². The van der Waals surface area contributed by atoms with Gasteiger partial charge in [0.1, 0.15) is 0 Å². The molecular weight excluding hydrogens is 433 g/mol. The number of halogens is 1. The van der Waals surface area contributed by atoms with Crippen molar-refractivity contribution in [3.8, 4) is 0 Å². The molecule has 0 bridgehead atoms. The van der Waals surface area contributed by atoms with E-state index in [4.69, 9.17) is 4.74 Å². The van der Waals surface area contributed by atoms with Crippen LogP contribution in [0.4, 0.5) is 0 Å². The minimum absolute atomic E-state index is 0. The maximum atomic E-state index is 5.55. The van der Waals surface area contributed by atoms with Crippen molar-refractivity contribution in [2.75, 3.05) is 39.1 Å². The molecule has 4 nitrogen and oxygen atoms in total. The maximum Gasteiger partial charge on any atom is 0.191 e. The first kappa shape index (κ1) is 22.4. The SMILES string of the molecule is CCSC1(CNC(=NC)NCCCC2CCCC2)CCOCC1.I. The molecule has 1 saturated heterocycles. The number of hydrogen-bond acceptors (Lipinski definition) is 3. The minimum atomic E-state index is 0. The van der Waals surface area contributed by atoms with Gasteiger partial charge in [-0.05, 0) is 37.4 Å². The highest BCUT2D eigenvalue weighted by atomic mass is 127. The van der Waals surface area contributed by atoms with Gasteiger partial charge in [0, 0.05) is 38.1 Å². The molecule has 0 atom stereocenters. The van der Waals surface area contributed by atoms with E-state index in [0.717, 1.165) is 56.8 Å². The van der Waals surface area contributed by atoms with E-state index in [1.54, 1.807) is 0 Å². The first-order valence-corrected chi connectivity index (χ1v) is 10.4. The predicted molar refractivity (Wildman–Crippen MR) is 117 cm³/mol. The lowest BCUT2D eigenvalue weighted by Gasteiger charge is -2.37. The van der Waals surface area contributed by atoms with E-state index in [0.29, 0.717) is 4.75 Å². The number of ether oxygens (including phenoxy) is 1. The van der Waals surface area contributed by atoms with Gasteiger partial charge in [-0.2, -0.15) is 11.8 Å². The van der Waals surface area contributed by atoms with Crippen LogP contribution in [0, 0.1) is 5.92 Å². The Morgan fingerprint density at radius 2 is 1.92 bits per heavy atom. The highest BCUT2D eigenvalue weighted by Crippen LogP contribution is 2.34. The summed E-state index contributed by atoms with van der Waals surface area (Å²) in [5.41, 5.74) is 0. The van der Waals surface area contributed by atoms with E-state index in [-0.39, 0.29) is 24.0 Å². The molecule has 0 unspecified atom stereocenters. The summed E-state index contributed by atoms with van der Waals surface area (Å²) in [4.78, 5) is 4.39. The molecule has 0 aromatic rings. The molecule has 0 amide bonds. The van der Waals surface area contributed by atoms with Crippen LogP contribution < -0.4 is 10.6 Å². The van der Waals surface area contributed by atoms with E-state index >= 15 is 0 Å². The summed E-state index contributed by atoms with van der Waals surface area (Å²) < 4.78 is 5.86. The van der Waals surface area contributed by atoms with E-state index in [2.05, 4.69) is 34.3 Å². The highest BCUT2D eigenvalue weighted by Gasteiger charge is 2.32. The molecule has 0 aromatic carbocycles. The second kappa shape index (κ2) is 12.6. The van der Waals surface area contributed by atoms with Crippen LogP contribution in [0.15, 0.2) is 4.99 Å². The number of aliphatic imine (C=N–C) groups is 1.